The number of nitrogens with zero attached hydrogens (tertiary/aromatic N) is 7. The van der Waals surface area contributed by atoms with E-state index in [1.54, 1.807) is 0 Å². The topological polar surface area (TPSA) is 55.0 Å². The van der Waals surface area contributed by atoms with E-state index in [-0.39, 0.29) is 0 Å². The van der Waals surface area contributed by atoms with Crippen molar-refractivity contribution in [2.75, 3.05) is 26.2 Å². The van der Waals surface area contributed by atoms with Gasteiger partial charge < -0.3 is 14.4 Å². The maximum Gasteiger partial charge on any atom is 0.128 e. The third kappa shape index (κ3) is 4.21. The molecule has 1 aliphatic carbocycles. The highest BCUT2D eigenvalue weighted by atomic mass is 35.5. The van der Waals surface area contributed by atoms with E-state index in [9.17, 15) is 0 Å². The van der Waals surface area contributed by atoms with Gasteiger partial charge in [-0.15, -0.1) is 5.10 Å². The summed E-state index contributed by atoms with van der Waals surface area (Å²) in [4.78, 5) is 9.52. The molecule has 1 aromatic carbocycles. The molecule has 0 amide bonds. The third-order valence-electron chi connectivity index (χ3n) is 6.99. The molecule has 1 saturated heterocycles. The molecular formula is C27H28ClN7. The van der Waals surface area contributed by atoms with Crippen molar-refractivity contribution in [1.29, 1.82) is 0 Å². The van der Waals surface area contributed by atoms with E-state index in [4.69, 9.17) is 16.6 Å². The van der Waals surface area contributed by atoms with Crippen molar-refractivity contribution in [3.05, 3.63) is 78.4 Å². The lowest BCUT2D eigenvalue weighted by molar-refractivity contribution is 0.239. The Hall–Kier alpha value is -3.58. The second kappa shape index (κ2) is 8.57. The first-order chi connectivity index (χ1) is 17.0. The van der Waals surface area contributed by atoms with Crippen LogP contribution in [0.2, 0.25) is 5.02 Å². The molecular weight excluding hydrogens is 458 g/mol. The minimum atomic E-state index is 0.527. The van der Waals surface area contributed by atoms with E-state index in [0.717, 1.165) is 71.0 Å². The summed E-state index contributed by atoms with van der Waals surface area (Å²) in [7, 11) is 2.00. The van der Waals surface area contributed by atoms with Crippen LogP contribution in [0.15, 0.2) is 62.1 Å². The van der Waals surface area contributed by atoms with Crippen LogP contribution in [0.4, 0.5) is 0 Å². The average molecular weight is 486 g/mol. The molecule has 0 bridgehead atoms. The first kappa shape index (κ1) is 21.9. The van der Waals surface area contributed by atoms with Gasteiger partial charge in [0.15, 0.2) is 0 Å². The molecule has 6 rings (SSSR count). The second-order valence-electron chi connectivity index (χ2n) is 9.47. The Labute approximate surface area is 209 Å². The molecule has 0 unspecified atom stereocenters. The smallest absolute Gasteiger partial charge is 0.128 e. The summed E-state index contributed by atoms with van der Waals surface area (Å²) >= 11 is 6.61. The van der Waals surface area contributed by atoms with Crippen LogP contribution in [0.3, 0.4) is 0 Å². The van der Waals surface area contributed by atoms with Crippen LogP contribution in [0.1, 0.15) is 30.1 Å². The van der Waals surface area contributed by atoms with Gasteiger partial charge in [0.05, 0.1) is 34.2 Å². The Morgan fingerprint density at radius 2 is 1.71 bits per heavy atom. The van der Waals surface area contributed by atoms with E-state index in [1.807, 2.05) is 53.1 Å². The van der Waals surface area contributed by atoms with Crippen LogP contribution in [-0.4, -0.2) is 60.5 Å². The van der Waals surface area contributed by atoms with Crippen LogP contribution in [0.25, 0.3) is 33.6 Å². The number of piperazine rings is 1. The number of aromatic nitrogens is 5. The Kier molecular flexibility index (Phi) is 5.37. The van der Waals surface area contributed by atoms with Gasteiger partial charge in [-0.3, -0.25) is 0 Å². The fourth-order valence-corrected chi connectivity index (χ4v) is 4.95. The van der Waals surface area contributed by atoms with Crippen LogP contribution in [0, 0.1) is 0 Å². The molecule has 2 fully saturated rings. The molecule has 0 atom stereocenters. The molecule has 1 aliphatic heterocycles. The van der Waals surface area contributed by atoms with Gasteiger partial charge in [-0.05, 0) is 36.6 Å². The highest BCUT2D eigenvalue weighted by molar-refractivity contribution is 6.35. The maximum atomic E-state index is 6.61. The SMILES string of the molecule is C=C(c1ccc2c(Cl)cc(-c3ccn(C)c3)nc2c1)N1CCN(C(=C)c2cn(C3CC3)nn2)CC1. The van der Waals surface area contributed by atoms with E-state index < -0.39 is 0 Å². The van der Waals surface area contributed by atoms with Gasteiger partial charge in [-0.25, -0.2) is 9.67 Å². The van der Waals surface area contributed by atoms with Crippen molar-refractivity contribution < 1.29 is 0 Å². The molecule has 3 aromatic heterocycles. The predicted molar refractivity (Wildman–Crippen MR) is 141 cm³/mol. The number of aryl methyl sites for hydroxylation is 1. The van der Waals surface area contributed by atoms with Gasteiger partial charge in [0.25, 0.3) is 0 Å². The number of hydrogen-bond donors (Lipinski definition) is 0. The minimum Gasteiger partial charge on any atom is -0.368 e. The van der Waals surface area contributed by atoms with Crippen molar-refractivity contribution in [3.63, 3.8) is 0 Å². The normalized spacial score (nSPS) is 16.2. The van der Waals surface area contributed by atoms with Crippen LogP contribution >= 0.6 is 11.6 Å². The molecule has 4 heterocycles. The summed E-state index contributed by atoms with van der Waals surface area (Å²) in [6.45, 7) is 12.2. The maximum absolute atomic E-state index is 6.61. The molecule has 4 aromatic rings. The average Bonchev–Trinajstić information content (AvgIpc) is 3.44. The van der Waals surface area contributed by atoms with E-state index in [0.29, 0.717) is 11.1 Å². The van der Waals surface area contributed by atoms with Crippen molar-refractivity contribution in [2.45, 2.75) is 18.9 Å². The Morgan fingerprint density at radius 3 is 2.40 bits per heavy atom. The Morgan fingerprint density at radius 1 is 0.971 bits per heavy atom. The van der Waals surface area contributed by atoms with Crippen LogP contribution in [-0.2, 0) is 7.05 Å². The Bertz CT molecular complexity index is 1440. The number of hydrogen-bond acceptors (Lipinski definition) is 5. The summed E-state index contributed by atoms with van der Waals surface area (Å²) in [6.07, 6.45) is 8.48. The van der Waals surface area contributed by atoms with Crippen molar-refractivity contribution in [3.8, 4) is 11.3 Å². The van der Waals surface area contributed by atoms with Crippen LogP contribution in [0.5, 0.6) is 0 Å². The molecule has 178 valence electrons. The number of fused-ring (bicyclic) bond motifs is 1. The summed E-state index contributed by atoms with van der Waals surface area (Å²) in [5, 5.41) is 10.3. The highest BCUT2D eigenvalue weighted by Crippen LogP contribution is 2.34. The first-order valence-electron chi connectivity index (χ1n) is 12.0. The molecule has 1 saturated carbocycles. The molecule has 0 spiro atoms. The summed E-state index contributed by atoms with van der Waals surface area (Å²) in [6, 6.07) is 10.7. The fraction of sp³-hybridized carbons (Fsp3) is 0.296. The zero-order valence-electron chi connectivity index (χ0n) is 19.9. The number of rotatable bonds is 6. The lowest BCUT2D eigenvalue weighted by Gasteiger charge is -2.38. The monoisotopic (exact) mass is 485 g/mol. The largest absolute Gasteiger partial charge is 0.368 e. The third-order valence-corrected chi connectivity index (χ3v) is 7.30. The van der Waals surface area contributed by atoms with Gasteiger partial charge >= 0.3 is 0 Å². The molecule has 2 aliphatic rings. The Balaban J connectivity index is 1.17. The quantitative estimate of drug-likeness (QED) is 0.381. The van der Waals surface area contributed by atoms with Gasteiger partial charge in [0.1, 0.15) is 5.69 Å². The first-order valence-corrected chi connectivity index (χ1v) is 12.4. The molecule has 8 heteroatoms. The van der Waals surface area contributed by atoms with Crippen molar-refractivity contribution in [1.82, 2.24) is 34.3 Å². The zero-order chi connectivity index (χ0) is 24.1. The van der Waals surface area contributed by atoms with E-state index in [1.165, 1.54) is 12.8 Å². The number of halogens is 1. The van der Waals surface area contributed by atoms with Crippen LogP contribution < -0.4 is 0 Å². The fourth-order valence-electron chi connectivity index (χ4n) is 4.69. The van der Waals surface area contributed by atoms with Crippen molar-refractivity contribution in [2.24, 2.45) is 7.05 Å². The number of benzene rings is 1. The summed E-state index contributed by atoms with van der Waals surface area (Å²) < 4.78 is 3.98. The van der Waals surface area contributed by atoms with Gasteiger partial charge in [-0.1, -0.05) is 42.1 Å². The molecule has 35 heavy (non-hydrogen) atoms. The van der Waals surface area contributed by atoms with Gasteiger partial charge in [0, 0.05) is 62.3 Å². The summed E-state index contributed by atoms with van der Waals surface area (Å²) in [5.74, 6) is 0. The van der Waals surface area contributed by atoms with Gasteiger partial charge in [-0.2, -0.15) is 0 Å². The van der Waals surface area contributed by atoms with E-state index >= 15 is 0 Å². The summed E-state index contributed by atoms with van der Waals surface area (Å²) in [5.41, 5.74) is 6.67. The van der Waals surface area contributed by atoms with Crippen molar-refractivity contribution >= 4 is 33.9 Å². The highest BCUT2D eigenvalue weighted by Gasteiger charge is 2.27. The lowest BCUT2D eigenvalue weighted by Crippen LogP contribution is -2.44. The lowest BCUT2D eigenvalue weighted by atomic mass is 10.1. The minimum absolute atomic E-state index is 0.527. The standard InChI is InChI=1S/C27H28ClN7/c1-18(33-10-12-34(13-11-33)19(2)27-17-35(31-30-27)22-5-6-22)20-4-7-23-24(28)15-25(29-26(23)14-20)21-8-9-32(3)16-21/h4,7-9,14-17,22H,1-2,5-6,10-13H2,3H3. The number of pyridine rings is 1. The molecule has 7 nitrogen and oxygen atoms in total. The molecule has 0 N–H and O–H groups in total. The second-order valence-corrected chi connectivity index (χ2v) is 9.88. The molecule has 0 radical (unpaired) electrons. The zero-order valence-corrected chi connectivity index (χ0v) is 20.6. The van der Waals surface area contributed by atoms with Gasteiger partial charge in [0.2, 0.25) is 0 Å². The predicted octanol–water partition coefficient (Wildman–Crippen LogP) is 5.08. The van der Waals surface area contributed by atoms with E-state index in [2.05, 4.69) is 45.4 Å².